The van der Waals surface area contributed by atoms with E-state index in [1.807, 2.05) is 30.1 Å². The van der Waals surface area contributed by atoms with Gasteiger partial charge in [0, 0.05) is 24.3 Å². The summed E-state index contributed by atoms with van der Waals surface area (Å²) in [5, 5.41) is 9.23. The normalized spacial score (nSPS) is 9.95. The van der Waals surface area contributed by atoms with Gasteiger partial charge in [-0.15, -0.1) is 0 Å². The average Bonchev–Trinajstić information content (AvgIpc) is 2.54. The molecule has 114 valence electrons. The predicted molar refractivity (Wildman–Crippen MR) is 88.3 cm³/mol. The molecule has 0 bridgehead atoms. The van der Waals surface area contributed by atoms with E-state index in [2.05, 4.69) is 27.0 Å². The Labute approximate surface area is 138 Å². The molecular formula is C16H16BrN3O2. The van der Waals surface area contributed by atoms with Crippen molar-refractivity contribution in [2.75, 3.05) is 26.2 Å². The van der Waals surface area contributed by atoms with Gasteiger partial charge in [0.2, 0.25) is 0 Å². The van der Waals surface area contributed by atoms with Crippen molar-refractivity contribution in [3.63, 3.8) is 0 Å². The van der Waals surface area contributed by atoms with Gasteiger partial charge in [-0.2, -0.15) is 5.26 Å². The quantitative estimate of drug-likeness (QED) is 0.816. The van der Waals surface area contributed by atoms with Gasteiger partial charge in [0.1, 0.15) is 11.9 Å². The molecule has 0 unspecified atom stereocenters. The first kappa shape index (κ1) is 16.1. The maximum Gasteiger partial charge on any atom is 0.161 e. The van der Waals surface area contributed by atoms with E-state index in [0.29, 0.717) is 29.4 Å². The third kappa shape index (κ3) is 3.49. The van der Waals surface area contributed by atoms with E-state index < -0.39 is 0 Å². The van der Waals surface area contributed by atoms with Crippen LogP contribution in [0.25, 0.3) is 0 Å². The zero-order chi connectivity index (χ0) is 16.1. The number of halogens is 1. The zero-order valence-electron chi connectivity index (χ0n) is 12.6. The number of hydrogen-bond acceptors (Lipinski definition) is 5. The van der Waals surface area contributed by atoms with Crippen molar-refractivity contribution in [1.29, 1.82) is 5.26 Å². The van der Waals surface area contributed by atoms with Crippen LogP contribution in [0, 0.1) is 11.3 Å². The Bertz CT molecular complexity index is 713. The highest BCUT2D eigenvalue weighted by Gasteiger charge is 2.12. The van der Waals surface area contributed by atoms with Crippen molar-refractivity contribution in [2.45, 2.75) is 6.54 Å². The SMILES string of the molecule is COc1ccc(CN(C)c2ncc(Br)cc2C#N)cc1OC. The highest BCUT2D eigenvalue weighted by atomic mass is 79.9. The number of pyridine rings is 1. The first-order valence-corrected chi connectivity index (χ1v) is 7.36. The number of nitrogens with zero attached hydrogens (tertiary/aromatic N) is 3. The zero-order valence-corrected chi connectivity index (χ0v) is 14.2. The van der Waals surface area contributed by atoms with Crippen LogP contribution in [-0.2, 0) is 6.54 Å². The topological polar surface area (TPSA) is 58.4 Å². The average molecular weight is 362 g/mol. The third-order valence-corrected chi connectivity index (χ3v) is 3.62. The Hall–Kier alpha value is -2.26. The van der Waals surface area contributed by atoms with Gasteiger partial charge >= 0.3 is 0 Å². The number of ether oxygens (including phenoxy) is 2. The molecule has 2 rings (SSSR count). The summed E-state index contributed by atoms with van der Waals surface area (Å²) < 4.78 is 11.3. The van der Waals surface area contributed by atoms with Crippen molar-refractivity contribution in [2.24, 2.45) is 0 Å². The summed E-state index contributed by atoms with van der Waals surface area (Å²) in [6.45, 7) is 0.601. The maximum absolute atomic E-state index is 9.23. The number of methoxy groups -OCH3 is 2. The van der Waals surface area contributed by atoms with Gasteiger partial charge in [-0.1, -0.05) is 6.07 Å². The fraction of sp³-hybridized carbons (Fsp3) is 0.250. The van der Waals surface area contributed by atoms with Crippen LogP contribution in [0.5, 0.6) is 11.5 Å². The van der Waals surface area contributed by atoms with Crippen LogP contribution >= 0.6 is 15.9 Å². The highest BCUT2D eigenvalue weighted by Crippen LogP contribution is 2.29. The number of aromatic nitrogens is 1. The molecule has 0 aliphatic heterocycles. The van der Waals surface area contributed by atoms with Gasteiger partial charge < -0.3 is 14.4 Å². The highest BCUT2D eigenvalue weighted by molar-refractivity contribution is 9.10. The second kappa shape index (κ2) is 7.14. The molecule has 2 aromatic rings. The molecule has 5 nitrogen and oxygen atoms in total. The monoisotopic (exact) mass is 361 g/mol. The minimum atomic E-state index is 0.525. The summed E-state index contributed by atoms with van der Waals surface area (Å²) in [5.74, 6) is 2.01. The Balaban J connectivity index is 2.26. The summed E-state index contributed by atoms with van der Waals surface area (Å²) in [5.41, 5.74) is 1.56. The van der Waals surface area contributed by atoms with Crippen LogP contribution in [0.4, 0.5) is 5.82 Å². The molecule has 1 heterocycles. The van der Waals surface area contributed by atoms with Crippen molar-refractivity contribution < 1.29 is 9.47 Å². The smallest absolute Gasteiger partial charge is 0.161 e. The Morgan fingerprint density at radius 1 is 1.23 bits per heavy atom. The molecule has 1 aromatic carbocycles. The lowest BCUT2D eigenvalue weighted by molar-refractivity contribution is 0.354. The van der Waals surface area contributed by atoms with Gasteiger partial charge in [0.05, 0.1) is 19.8 Å². The molecule has 0 radical (unpaired) electrons. The van der Waals surface area contributed by atoms with Crippen molar-refractivity contribution in [3.05, 3.63) is 46.1 Å². The molecule has 0 amide bonds. The van der Waals surface area contributed by atoms with Crippen LogP contribution in [0.15, 0.2) is 34.9 Å². The lowest BCUT2D eigenvalue weighted by Crippen LogP contribution is -2.19. The molecule has 0 atom stereocenters. The van der Waals surface area contributed by atoms with Crippen molar-refractivity contribution in [3.8, 4) is 17.6 Å². The van der Waals surface area contributed by atoms with E-state index >= 15 is 0 Å². The molecule has 0 saturated heterocycles. The number of nitriles is 1. The summed E-state index contributed by atoms with van der Waals surface area (Å²) in [4.78, 5) is 6.24. The van der Waals surface area contributed by atoms with Crippen LogP contribution in [0.1, 0.15) is 11.1 Å². The van der Waals surface area contributed by atoms with Gasteiger partial charge in [-0.05, 0) is 39.7 Å². The van der Waals surface area contributed by atoms with Crippen molar-refractivity contribution >= 4 is 21.7 Å². The summed E-state index contributed by atoms with van der Waals surface area (Å²) >= 11 is 3.33. The first-order chi connectivity index (χ1) is 10.6. The molecule has 0 aliphatic carbocycles. The molecule has 0 spiro atoms. The Morgan fingerprint density at radius 2 is 1.95 bits per heavy atom. The minimum Gasteiger partial charge on any atom is -0.493 e. The van der Waals surface area contributed by atoms with Gasteiger partial charge in [-0.25, -0.2) is 4.98 Å². The summed E-state index contributed by atoms with van der Waals surface area (Å²) in [7, 11) is 5.11. The summed E-state index contributed by atoms with van der Waals surface area (Å²) in [6.07, 6.45) is 1.68. The van der Waals surface area contributed by atoms with E-state index in [0.717, 1.165) is 10.0 Å². The van der Waals surface area contributed by atoms with E-state index in [1.165, 1.54) is 0 Å². The lowest BCUT2D eigenvalue weighted by atomic mass is 10.2. The van der Waals surface area contributed by atoms with E-state index in [-0.39, 0.29) is 0 Å². The van der Waals surface area contributed by atoms with E-state index in [1.54, 1.807) is 26.5 Å². The largest absolute Gasteiger partial charge is 0.493 e. The van der Waals surface area contributed by atoms with Gasteiger partial charge in [-0.3, -0.25) is 0 Å². The second-order valence-electron chi connectivity index (χ2n) is 4.68. The third-order valence-electron chi connectivity index (χ3n) is 3.18. The number of rotatable bonds is 5. The number of hydrogen-bond donors (Lipinski definition) is 0. The maximum atomic E-state index is 9.23. The molecule has 22 heavy (non-hydrogen) atoms. The molecule has 0 N–H and O–H groups in total. The summed E-state index contributed by atoms with van der Waals surface area (Å²) in [6, 6.07) is 9.66. The van der Waals surface area contributed by atoms with Crippen molar-refractivity contribution in [1.82, 2.24) is 4.98 Å². The molecule has 0 aliphatic rings. The van der Waals surface area contributed by atoms with Crippen LogP contribution in [-0.4, -0.2) is 26.3 Å². The molecular weight excluding hydrogens is 346 g/mol. The van der Waals surface area contributed by atoms with E-state index in [9.17, 15) is 5.26 Å². The minimum absolute atomic E-state index is 0.525. The molecule has 0 saturated carbocycles. The molecule has 0 fully saturated rings. The van der Waals surface area contributed by atoms with Crippen LogP contribution in [0.2, 0.25) is 0 Å². The standard InChI is InChI=1S/C16H16BrN3O2/c1-20(16-12(8-18)7-13(17)9-19-16)10-11-4-5-14(21-2)15(6-11)22-3/h4-7,9H,10H2,1-3H3. The van der Waals surface area contributed by atoms with Gasteiger partial charge in [0.25, 0.3) is 0 Å². The Kier molecular flexibility index (Phi) is 5.23. The Morgan fingerprint density at radius 3 is 2.59 bits per heavy atom. The molecule has 6 heteroatoms. The lowest BCUT2D eigenvalue weighted by Gasteiger charge is -2.20. The first-order valence-electron chi connectivity index (χ1n) is 6.56. The van der Waals surface area contributed by atoms with E-state index in [4.69, 9.17) is 9.47 Å². The van der Waals surface area contributed by atoms with Crippen LogP contribution < -0.4 is 14.4 Å². The second-order valence-corrected chi connectivity index (χ2v) is 5.60. The number of anilines is 1. The number of benzene rings is 1. The fourth-order valence-electron chi connectivity index (χ4n) is 2.15. The predicted octanol–water partition coefficient (Wildman–Crippen LogP) is 3.37. The molecule has 1 aromatic heterocycles. The fourth-order valence-corrected chi connectivity index (χ4v) is 2.48. The van der Waals surface area contributed by atoms with Crippen LogP contribution in [0.3, 0.4) is 0 Å². The van der Waals surface area contributed by atoms with Gasteiger partial charge in [0.15, 0.2) is 11.5 Å².